The van der Waals surface area contributed by atoms with Crippen molar-refractivity contribution in [1.29, 1.82) is 0 Å². The summed E-state index contributed by atoms with van der Waals surface area (Å²) >= 11 is 1.40. The van der Waals surface area contributed by atoms with E-state index in [-0.39, 0.29) is 17.5 Å². The lowest BCUT2D eigenvalue weighted by Crippen LogP contribution is -2.15. The van der Waals surface area contributed by atoms with Crippen LogP contribution in [-0.4, -0.2) is 33.4 Å². The third-order valence-corrected chi connectivity index (χ3v) is 5.70. The van der Waals surface area contributed by atoms with E-state index in [4.69, 9.17) is 4.74 Å². The van der Waals surface area contributed by atoms with Crippen molar-refractivity contribution < 1.29 is 14.6 Å². The van der Waals surface area contributed by atoms with Crippen LogP contribution in [0.2, 0.25) is 0 Å². The second-order valence-electron chi connectivity index (χ2n) is 6.36. The summed E-state index contributed by atoms with van der Waals surface area (Å²) in [4.78, 5) is 16.4. The molecule has 3 aromatic rings. The predicted molar refractivity (Wildman–Crippen MR) is 111 cm³/mol. The van der Waals surface area contributed by atoms with Crippen LogP contribution in [0.15, 0.2) is 53.7 Å². The first-order chi connectivity index (χ1) is 13.5. The molecule has 0 aliphatic rings. The molecule has 0 atom stereocenters. The number of hydrogen-bond donors (Lipinski definition) is 2. The molecule has 28 heavy (non-hydrogen) atoms. The molecular formula is C21H23N3O3S. The van der Waals surface area contributed by atoms with Crippen LogP contribution in [0.5, 0.6) is 11.6 Å². The van der Waals surface area contributed by atoms with Gasteiger partial charge in [0, 0.05) is 11.8 Å². The maximum atomic E-state index is 12.3. The second kappa shape index (κ2) is 8.84. The lowest BCUT2D eigenvalue weighted by atomic mass is 10.2. The van der Waals surface area contributed by atoms with Gasteiger partial charge in [-0.2, -0.15) is 0 Å². The van der Waals surface area contributed by atoms with Gasteiger partial charge in [-0.15, -0.1) is 0 Å². The number of hydrogen-bond acceptors (Lipinski definition) is 5. The van der Waals surface area contributed by atoms with Crippen molar-refractivity contribution in [3.05, 3.63) is 65.4 Å². The van der Waals surface area contributed by atoms with Crippen LogP contribution in [0.25, 0.3) is 0 Å². The first kappa shape index (κ1) is 19.8. The van der Waals surface area contributed by atoms with E-state index in [1.807, 2.05) is 48.7 Å². The Bertz CT molecular complexity index is 953. The second-order valence-corrected chi connectivity index (χ2v) is 7.33. The van der Waals surface area contributed by atoms with Crippen LogP contribution in [0.3, 0.4) is 0 Å². The molecule has 2 N–H and O–H groups in total. The summed E-state index contributed by atoms with van der Waals surface area (Å²) in [5.74, 6) is 1.62. The number of pyridine rings is 1. The molecule has 1 amide bonds. The minimum absolute atomic E-state index is 0.141. The number of carbonyl (C=O) groups excluding carboxylic acids is 1. The van der Waals surface area contributed by atoms with Gasteiger partial charge in [-0.3, -0.25) is 4.79 Å². The number of methoxy groups -OCH3 is 1. The van der Waals surface area contributed by atoms with Gasteiger partial charge in [0.2, 0.25) is 5.91 Å². The van der Waals surface area contributed by atoms with Gasteiger partial charge in [0.1, 0.15) is 11.6 Å². The fourth-order valence-electron chi connectivity index (χ4n) is 2.83. The highest BCUT2D eigenvalue weighted by Crippen LogP contribution is 2.35. The van der Waals surface area contributed by atoms with E-state index in [0.29, 0.717) is 12.4 Å². The number of carbonyl (C=O) groups is 1. The van der Waals surface area contributed by atoms with Crippen molar-refractivity contribution in [2.45, 2.75) is 25.4 Å². The summed E-state index contributed by atoms with van der Waals surface area (Å²) in [6.07, 6.45) is 1.63. The molecule has 1 aromatic carbocycles. The Morgan fingerprint density at radius 2 is 1.93 bits per heavy atom. The predicted octanol–water partition coefficient (Wildman–Crippen LogP) is 3.99. The Kier molecular flexibility index (Phi) is 6.26. The minimum Gasteiger partial charge on any atom is -0.497 e. The third kappa shape index (κ3) is 4.48. The first-order valence-corrected chi connectivity index (χ1v) is 9.83. The zero-order chi connectivity index (χ0) is 20.1. The summed E-state index contributed by atoms with van der Waals surface area (Å²) in [5, 5.41) is 14.2. The number of ether oxygens (including phenoxy) is 1. The van der Waals surface area contributed by atoms with E-state index in [1.54, 1.807) is 25.4 Å². The summed E-state index contributed by atoms with van der Waals surface area (Å²) in [6, 6.07) is 13.1. The zero-order valence-corrected chi connectivity index (χ0v) is 16.9. The fraction of sp³-hybridized carbons (Fsp3) is 0.238. The van der Waals surface area contributed by atoms with Crippen LogP contribution in [0, 0.1) is 13.8 Å². The van der Waals surface area contributed by atoms with E-state index >= 15 is 0 Å². The van der Waals surface area contributed by atoms with E-state index < -0.39 is 0 Å². The summed E-state index contributed by atoms with van der Waals surface area (Å²) < 4.78 is 7.03. The lowest BCUT2D eigenvalue weighted by Gasteiger charge is -2.12. The number of benzene rings is 1. The number of nitrogens with zero attached hydrogens (tertiary/aromatic N) is 2. The largest absolute Gasteiger partial charge is 0.497 e. The number of amides is 1. The summed E-state index contributed by atoms with van der Waals surface area (Å²) in [5.41, 5.74) is 2.83. The maximum Gasteiger partial charge on any atom is 0.235 e. The van der Waals surface area contributed by atoms with Gasteiger partial charge < -0.3 is 19.7 Å². The highest BCUT2D eigenvalue weighted by atomic mass is 32.2. The molecule has 0 aliphatic heterocycles. The average Bonchev–Trinajstić information content (AvgIpc) is 2.91. The maximum absolute atomic E-state index is 12.3. The number of rotatable bonds is 7. The van der Waals surface area contributed by atoms with Gasteiger partial charge in [0.15, 0.2) is 5.88 Å². The Balaban J connectivity index is 1.74. The number of thioether (sulfide) groups is 1. The molecule has 0 fully saturated rings. The van der Waals surface area contributed by atoms with Crippen molar-refractivity contribution in [3.63, 3.8) is 0 Å². The van der Waals surface area contributed by atoms with Crippen LogP contribution in [0.1, 0.15) is 16.7 Å². The van der Waals surface area contributed by atoms with E-state index in [1.165, 1.54) is 11.8 Å². The molecule has 6 nitrogen and oxygen atoms in total. The van der Waals surface area contributed by atoms with Gasteiger partial charge in [-0.05, 0) is 49.2 Å². The van der Waals surface area contributed by atoms with E-state index in [9.17, 15) is 9.90 Å². The van der Waals surface area contributed by atoms with Crippen LogP contribution < -0.4 is 10.1 Å². The van der Waals surface area contributed by atoms with Crippen molar-refractivity contribution in [2.24, 2.45) is 0 Å². The topological polar surface area (TPSA) is 76.4 Å². The molecule has 0 spiro atoms. The molecule has 3 rings (SSSR count). The summed E-state index contributed by atoms with van der Waals surface area (Å²) in [6.45, 7) is 4.35. The van der Waals surface area contributed by atoms with Gasteiger partial charge in [-0.25, -0.2) is 4.98 Å². The van der Waals surface area contributed by atoms with Crippen LogP contribution in [0.4, 0.5) is 5.82 Å². The number of aromatic hydroxyl groups is 1. The standard InChI is InChI=1S/C21H23N3O3S/c1-14-15(2)21(28-13-19(25)23-18-6-4-5-11-22-18)24(20(14)26)12-16-7-9-17(27-3)10-8-16/h4-11,26H,12-13H2,1-3H3,(H,22,23,25). The minimum atomic E-state index is -0.141. The molecule has 0 unspecified atom stereocenters. The van der Waals surface area contributed by atoms with Gasteiger partial charge >= 0.3 is 0 Å². The monoisotopic (exact) mass is 397 g/mol. The van der Waals surface area contributed by atoms with E-state index in [2.05, 4.69) is 10.3 Å². The molecule has 146 valence electrons. The average molecular weight is 398 g/mol. The molecule has 7 heteroatoms. The lowest BCUT2D eigenvalue weighted by molar-refractivity contribution is -0.113. The first-order valence-electron chi connectivity index (χ1n) is 8.85. The van der Waals surface area contributed by atoms with Crippen LogP contribution >= 0.6 is 11.8 Å². The van der Waals surface area contributed by atoms with Crippen molar-refractivity contribution >= 4 is 23.5 Å². The molecule has 0 aliphatic carbocycles. The Morgan fingerprint density at radius 3 is 2.57 bits per heavy atom. The van der Waals surface area contributed by atoms with Crippen molar-refractivity contribution in [3.8, 4) is 11.6 Å². The molecule has 0 saturated heterocycles. The number of nitrogens with one attached hydrogen (secondary N) is 1. The molecule has 0 bridgehead atoms. The van der Waals surface area contributed by atoms with Crippen LogP contribution in [-0.2, 0) is 11.3 Å². The van der Waals surface area contributed by atoms with Crippen molar-refractivity contribution in [2.75, 3.05) is 18.2 Å². The van der Waals surface area contributed by atoms with Crippen molar-refractivity contribution in [1.82, 2.24) is 9.55 Å². The van der Waals surface area contributed by atoms with Gasteiger partial charge in [0.25, 0.3) is 0 Å². The van der Waals surface area contributed by atoms with E-state index in [0.717, 1.165) is 27.5 Å². The molecule has 2 heterocycles. The number of aromatic nitrogens is 2. The molecular weight excluding hydrogens is 374 g/mol. The third-order valence-electron chi connectivity index (χ3n) is 4.49. The Morgan fingerprint density at radius 1 is 1.18 bits per heavy atom. The molecule has 0 saturated carbocycles. The zero-order valence-electron chi connectivity index (χ0n) is 16.1. The highest BCUT2D eigenvalue weighted by Gasteiger charge is 2.18. The normalized spacial score (nSPS) is 10.7. The molecule has 0 radical (unpaired) electrons. The quantitative estimate of drug-likeness (QED) is 0.590. The smallest absolute Gasteiger partial charge is 0.235 e. The SMILES string of the molecule is COc1ccc(Cn2c(O)c(C)c(C)c2SCC(=O)Nc2ccccn2)cc1. The Labute approximate surface area is 168 Å². The summed E-state index contributed by atoms with van der Waals surface area (Å²) in [7, 11) is 1.63. The molecule has 2 aromatic heterocycles. The van der Waals surface area contributed by atoms with Gasteiger partial charge in [0.05, 0.1) is 24.4 Å². The number of anilines is 1. The highest BCUT2D eigenvalue weighted by molar-refractivity contribution is 8.00. The fourth-order valence-corrected chi connectivity index (χ4v) is 3.84. The Hall–Kier alpha value is -2.93. The van der Waals surface area contributed by atoms with Gasteiger partial charge in [-0.1, -0.05) is 30.0 Å².